The molecule has 0 bridgehead atoms. The van der Waals surface area contributed by atoms with Crippen molar-refractivity contribution in [2.45, 2.75) is 38.1 Å². The summed E-state index contributed by atoms with van der Waals surface area (Å²) in [5.41, 5.74) is 8.34. The maximum atomic E-state index is 12.4. The molecule has 0 saturated heterocycles. The van der Waals surface area contributed by atoms with Crippen LogP contribution in [0.25, 0.3) is 16.7 Å². The van der Waals surface area contributed by atoms with Crippen LogP contribution in [0.15, 0.2) is 54.9 Å². The van der Waals surface area contributed by atoms with Gasteiger partial charge in [0.25, 0.3) is 5.91 Å². The van der Waals surface area contributed by atoms with Gasteiger partial charge in [0.1, 0.15) is 6.33 Å². The molecule has 4 N–H and O–H groups in total. The van der Waals surface area contributed by atoms with Gasteiger partial charge in [-0.1, -0.05) is 31.4 Å². The molecule has 2 aromatic carbocycles. The average Bonchev–Trinajstić information content (AvgIpc) is 3.35. The summed E-state index contributed by atoms with van der Waals surface area (Å²) < 4.78 is 1.87. The van der Waals surface area contributed by atoms with Gasteiger partial charge in [-0.2, -0.15) is 0 Å². The Balaban J connectivity index is 1.23. The quantitative estimate of drug-likeness (QED) is 0.358. The predicted molar refractivity (Wildman–Crippen MR) is 124 cm³/mol. The van der Waals surface area contributed by atoms with Gasteiger partial charge < -0.3 is 10.6 Å². The van der Waals surface area contributed by atoms with E-state index in [1.807, 2.05) is 28.7 Å². The number of hydrazine groups is 1. The van der Waals surface area contributed by atoms with Crippen LogP contribution in [0.3, 0.4) is 0 Å². The first-order valence-electron chi connectivity index (χ1n) is 11.0. The van der Waals surface area contributed by atoms with Gasteiger partial charge >= 0.3 is 6.03 Å². The highest BCUT2D eigenvalue weighted by Gasteiger charge is 2.16. The third-order valence-electron chi connectivity index (χ3n) is 5.77. The summed E-state index contributed by atoms with van der Waals surface area (Å²) in [6.07, 6.45) is 7.05. The molecule has 0 aliphatic heterocycles. The maximum Gasteiger partial charge on any atom is 0.333 e. The van der Waals surface area contributed by atoms with E-state index in [1.165, 1.54) is 6.42 Å². The molecule has 168 valence electrons. The second-order valence-electron chi connectivity index (χ2n) is 8.06. The lowest BCUT2D eigenvalue weighted by Gasteiger charge is -2.22. The average molecular weight is 444 g/mol. The van der Waals surface area contributed by atoms with Crippen LogP contribution in [0, 0.1) is 0 Å². The Labute approximate surface area is 189 Å². The Kier molecular flexibility index (Phi) is 5.71. The first kappa shape index (κ1) is 20.7. The smallest absolute Gasteiger partial charge is 0.333 e. The summed E-state index contributed by atoms with van der Waals surface area (Å²) in [7, 11) is 0. The summed E-state index contributed by atoms with van der Waals surface area (Å²) in [5.74, 6) is 0.161. The van der Waals surface area contributed by atoms with Gasteiger partial charge in [0.05, 0.1) is 11.0 Å². The normalized spacial score (nSPS) is 14.2. The summed E-state index contributed by atoms with van der Waals surface area (Å²) in [6.45, 7) is 0. The van der Waals surface area contributed by atoms with Crippen LogP contribution < -0.4 is 21.5 Å². The SMILES string of the molecule is O=C(NNC(=O)c1ccc(Nc2nc3ccccc3n3cnnc23)cc1)NC1CCCCC1. The number of fused-ring (bicyclic) bond motifs is 3. The number of carbonyl (C=O) groups excluding carboxylic acids is 2. The number of benzene rings is 2. The first-order chi connectivity index (χ1) is 16.2. The van der Waals surface area contributed by atoms with E-state index in [1.54, 1.807) is 30.6 Å². The Bertz CT molecular complexity index is 1300. The molecule has 1 fully saturated rings. The van der Waals surface area contributed by atoms with Crippen molar-refractivity contribution in [2.75, 3.05) is 5.32 Å². The third kappa shape index (κ3) is 4.54. The minimum atomic E-state index is -0.399. The molecule has 2 aromatic heterocycles. The number of carbonyl (C=O) groups is 2. The molecule has 1 aliphatic rings. The van der Waals surface area contributed by atoms with Gasteiger partial charge in [-0.05, 0) is 49.2 Å². The van der Waals surface area contributed by atoms with Gasteiger partial charge in [-0.3, -0.25) is 14.6 Å². The number of rotatable bonds is 4. The van der Waals surface area contributed by atoms with Crippen LogP contribution in [-0.2, 0) is 0 Å². The van der Waals surface area contributed by atoms with Crippen LogP contribution in [-0.4, -0.2) is 37.6 Å². The predicted octanol–water partition coefficient (Wildman–Crippen LogP) is 3.30. The largest absolute Gasteiger partial charge is 0.337 e. The van der Waals surface area contributed by atoms with Gasteiger partial charge in [0.15, 0.2) is 5.82 Å². The number of nitrogens with one attached hydrogen (secondary N) is 4. The lowest BCUT2D eigenvalue weighted by atomic mass is 9.96. The number of anilines is 2. The van der Waals surface area contributed by atoms with E-state index in [9.17, 15) is 9.59 Å². The molecule has 0 atom stereocenters. The monoisotopic (exact) mass is 444 g/mol. The van der Waals surface area contributed by atoms with E-state index in [0.29, 0.717) is 17.0 Å². The first-order valence-corrected chi connectivity index (χ1v) is 11.0. The summed E-state index contributed by atoms with van der Waals surface area (Å²) in [5, 5.41) is 14.3. The number of nitrogens with zero attached hydrogens (tertiary/aromatic N) is 4. The maximum absolute atomic E-state index is 12.4. The van der Waals surface area contributed by atoms with Crippen molar-refractivity contribution >= 4 is 40.1 Å². The molecule has 0 radical (unpaired) electrons. The highest BCUT2D eigenvalue weighted by Crippen LogP contribution is 2.23. The van der Waals surface area contributed by atoms with Gasteiger partial charge in [0, 0.05) is 17.3 Å². The number of hydrogen-bond donors (Lipinski definition) is 4. The van der Waals surface area contributed by atoms with Crippen molar-refractivity contribution < 1.29 is 9.59 Å². The van der Waals surface area contributed by atoms with Crippen LogP contribution in [0.4, 0.5) is 16.3 Å². The van der Waals surface area contributed by atoms with Gasteiger partial charge in [0.2, 0.25) is 5.65 Å². The fourth-order valence-corrected chi connectivity index (χ4v) is 4.09. The number of hydrogen-bond acceptors (Lipinski definition) is 6. The molecule has 5 rings (SSSR count). The zero-order valence-corrected chi connectivity index (χ0v) is 17.9. The highest BCUT2D eigenvalue weighted by molar-refractivity contribution is 5.95. The molecule has 0 unspecified atom stereocenters. The van der Waals surface area contributed by atoms with Crippen molar-refractivity contribution in [3.05, 3.63) is 60.4 Å². The Morgan fingerprint density at radius 1 is 0.939 bits per heavy atom. The highest BCUT2D eigenvalue weighted by atomic mass is 16.2. The van der Waals surface area contributed by atoms with Crippen molar-refractivity contribution in [3.8, 4) is 0 Å². The van der Waals surface area contributed by atoms with E-state index in [-0.39, 0.29) is 6.04 Å². The number of para-hydroxylation sites is 2. The van der Waals surface area contributed by atoms with Crippen molar-refractivity contribution in [3.63, 3.8) is 0 Å². The zero-order valence-electron chi connectivity index (χ0n) is 17.9. The number of amides is 3. The van der Waals surface area contributed by atoms with Crippen molar-refractivity contribution in [1.29, 1.82) is 0 Å². The molecule has 3 amide bonds. The van der Waals surface area contributed by atoms with Crippen molar-refractivity contribution in [2.24, 2.45) is 0 Å². The molecule has 1 saturated carbocycles. The summed E-state index contributed by atoms with van der Waals surface area (Å²) >= 11 is 0. The van der Waals surface area contributed by atoms with E-state index in [2.05, 4.69) is 36.7 Å². The molecule has 33 heavy (non-hydrogen) atoms. The minimum absolute atomic E-state index is 0.168. The van der Waals surface area contributed by atoms with E-state index >= 15 is 0 Å². The number of aromatic nitrogens is 4. The Morgan fingerprint density at radius 2 is 1.73 bits per heavy atom. The minimum Gasteiger partial charge on any atom is -0.337 e. The molecule has 4 aromatic rings. The van der Waals surface area contributed by atoms with Crippen LogP contribution in [0.1, 0.15) is 42.5 Å². The van der Waals surface area contributed by atoms with E-state index in [4.69, 9.17) is 0 Å². The molecule has 2 heterocycles. The zero-order chi connectivity index (χ0) is 22.6. The fraction of sp³-hybridized carbons (Fsp3) is 0.261. The second kappa shape index (κ2) is 9.11. The lowest BCUT2D eigenvalue weighted by molar-refractivity contribution is 0.0935. The second-order valence-corrected chi connectivity index (χ2v) is 8.06. The Hall–Kier alpha value is -4.21. The van der Waals surface area contributed by atoms with Crippen LogP contribution >= 0.6 is 0 Å². The van der Waals surface area contributed by atoms with Crippen molar-refractivity contribution in [1.82, 2.24) is 35.8 Å². The molecule has 10 nitrogen and oxygen atoms in total. The van der Waals surface area contributed by atoms with Crippen LogP contribution in [0.2, 0.25) is 0 Å². The van der Waals surface area contributed by atoms with Gasteiger partial charge in [-0.25, -0.2) is 15.2 Å². The molecular weight excluding hydrogens is 420 g/mol. The molecule has 0 spiro atoms. The standard InChI is InChI=1S/C23H24N8O2/c32-22(29-30-23(33)26-16-6-2-1-3-7-16)15-10-12-17(13-11-15)25-20-21-28-24-14-31(21)19-9-5-4-8-18(19)27-20/h4-5,8-14,16H,1-3,6-7H2,(H,25,27)(H,29,32)(H2,26,30,33). The summed E-state index contributed by atoms with van der Waals surface area (Å²) in [6, 6.07) is 14.4. The molecular formula is C23H24N8O2. The van der Waals surface area contributed by atoms with Gasteiger partial charge in [-0.15, -0.1) is 10.2 Å². The lowest BCUT2D eigenvalue weighted by Crippen LogP contribution is -2.50. The fourth-order valence-electron chi connectivity index (χ4n) is 4.09. The summed E-state index contributed by atoms with van der Waals surface area (Å²) in [4.78, 5) is 29.1. The molecule has 1 aliphatic carbocycles. The molecule has 10 heteroatoms. The van der Waals surface area contributed by atoms with E-state index < -0.39 is 11.9 Å². The van der Waals surface area contributed by atoms with E-state index in [0.717, 1.165) is 42.4 Å². The third-order valence-corrected chi connectivity index (χ3v) is 5.77. The Morgan fingerprint density at radius 3 is 2.55 bits per heavy atom. The number of urea groups is 1. The topological polar surface area (TPSA) is 125 Å². The van der Waals surface area contributed by atoms with Crippen LogP contribution in [0.5, 0.6) is 0 Å².